The number of carbonyl (C=O) groups is 4. The summed E-state index contributed by atoms with van der Waals surface area (Å²) in [7, 11) is 0. The van der Waals surface area contributed by atoms with Crippen molar-refractivity contribution in [2.24, 2.45) is 0 Å². The van der Waals surface area contributed by atoms with Crippen LogP contribution in [0.25, 0.3) is 17.4 Å². The number of hydrogen-bond acceptors (Lipinski definition) is 6. The van der Waals surface area contributed by atoms with E-state index in [1.807, 2.05) is 32.9 Å². The zero-order valence-corrected chi connectivity index (χ0v) is 21.1. The number of rotatable bonds is 6. The largest absolute Gasteiger partial charge is 0.478 e. The number of thioether (sulfide) groups is 1. The third kappa shape index (κ3) is 5.22. The van der Waals surface area contributed by atoms with E-state index in [1.165, 1.54) is 18.2 Å². The molecular formula is C26H21ClN2O6S. The number of benzene rings is 2. The zero-order chi connectivity index (χ0) is 26.1. The summed E-state index contributed by atoms with van der Waals surface area (Å²) in [6.45, 7) is 5.31. The number of nitrogens with zero attached hydrogens (tertiary/aromatic N) is 1. The number of nitrogens with one attached hydrogen (secondary N) is 1. The fourth-order valence-corrected chi connectivity index (χ4v) is 4.97. The average Bonchev–Trinajstić information content (AvgIpc) is 3.36. The maximum absolute atomic E-state index is 12.8. The molecule has 0 saturated carbocycles. The predicted octanol–water partition coefficient (Wildman–Crippen LogP) is 5.90. The Bertz CT molecular complexity index is 1440. The lowest BCUT2D eigenvalue weighted by molar-refractivity contribution is -0.127. The fraction of sp³-hybridized carbons (Fsp3) is 0.154. The number of carbonyl (C=O) groups excluding carboxylic acids is 3. The maximum Gasteiger partial charge on any atom is 0.337 e. The third-order valence-corrected chi connectivity index (χ3v) is 6.72. The summed E-state index contributed by atoms with van der Waals surface area (Å²) >= 11 is 6.75. The highest BCUT2D eigenvalue weighted by atomic mass is 35.5. The molecule has 3 aromatic rings. The number of amides is 3. The number of halogens is 1. The van der Waals surface area contributed by atoms with Crippen LogP contribution in [-0.4, -0.2) is 39.6 Å². The van der Waals surface area contributed by atoms with Crippen molar-refractivity contribution in [2.45, 2.75) is 20.8 Å². The van der Waals surface area contributed by atoms with Crippen molar-refractivity contribution >= 4 is 58.1 Å². The molecule has 1 saturated heterocycles. The van der Waals surface area contributed by atoms with Gasteiger partial charge in [-0.25, -0.2) is 4.79 Å². The second kappa shape index (κ2) is 10.0. The average molecular weight is 525 g/mol. The van der Waals surface area contributed by atoms with Crippen molar-refractivity contribution in [3.63, 3.8) is 0 Å². The van der Waals surface area contributed by atoms with E-state index in [4.69, 9.17) is 21.1 Å². The van der Waals surface area contributed by atoms with E-state index >= 15 is 0 Å². The Morgan fingerprint density at radius 1 is 1.08 bits per heavy atom. The lowest BCUT2D eigenvalue weighted by Gasteiger charge is -2.15. The van der Waals surface area contributed by atoms with E-state index in [2.05, 4.69) is 5.32 Å². The van der Waals surface area contributed by atoms with E-state index in [0.717, 1.165) is 33.4 Å². The van der Waals surface area contributed by atoms with E-state index in [1.54, 1.807) is 18.2 Å². The molecule has 184 valence electrons. The van der Waals surface area contributed by atoms with Gasteiger partial charge in [-0.1, -0.05) is 35.4 Å². The van der Waals surface area contributed by atoms with Gasteiger partial charge in [0.15, 0.2) is 0 Å². The molecule has 0 radical (unpaired) electrons. The molecule has 1 aliphatic heterocycles. The summed E-state index contributed by atoms with van der Waals surface area (Å²) < 4.78 is 5.74. The Kier molecular flexibility index (Phi) is 7.05. The number of furan rings is 1. The molecule has 8 nitrogen and oxygen atoms in total. The van der Waals surface area contributed by atoms with Crippen LogP contribution in [0.2, 0.25) is 5.02 Å². The number of imide groups is 1. The molecule has 1 aliphatic rings. The first kappa shape index (κ1) is 25.3. The molecule has 1 fully saturated rings. The molecule has 0 unspecified atom stereocenters. The number of aromatic carboxylic acids is 1. The second-order valence-electron chi connectivity index (χ2n) is 8.29. The van der Waals surface area contributed by atoms with Crippen LogP contribution in [0.3, 0.4) is 0 Å². The molecule has 1 aromatic heterocycles. The van der Waals surface area contributed by atoms with Crippen LogP contribution >= 0.6 is 23.4 Å². The van der Waals surface area contributed by atoms with E-state index < -0.39 is 29.6 Å². The monoisotopic (exact) mass is 524 g/mol. The number of anilines is 1. The lowest BCUT2D eigenvalue weighted by Crippen LogP contribution is -2.36. The summed E-state index contributed by atoms with van der Waals surface area (Å²) in [4.78, 5) is 50.1. The molecule has 2 aromatic carbocycles. The van der Waals surface area contributed by atoms with Crippen molar-refractivity contribution in [1.82, 2.24) is 4.90 Å². The normalized spacial score (nSPS) is 14.6. The van der Waals surface area contributed by atoms with Gasteiger partial charge in [-0.05, 0) is 67.9 Å². The van der Waals surface area contributed by atoms with Gasteiger partial charge in [0.2, 0.25) is 5.91 Å². The van der Waals surface area contributed by atoms with Crippen molar-refractivity contribution in [2.75, 3.05) is 11.9 Å². The number of carboxylic acid groups (broad SMARTS) is 1. The minimum atomic E-state index is -1.14. The molecule has 2 N–H and O–H groups in total. The van der Waals surface area contributed by atoms with E-state index in [-0.39, 0.29) is 15.5 Å². The summed E-state index contributed by atoms with van der Waals surface area (Å²) in [5.74, 6) is -1.49. The molecule has 0 atom stereocenters. The van der Waals surface area contributed by atoms with Crippen LogP contribution < -0.4 is 5.32 Å². The Morgan fingerprint density at radius 2 is 1.78 bits per heavy atom. The van der Waals surface area contributed by atoms with Crippen molar-refractivity contribution in [3.8, 4) is 11.3 Å². The summed E-state index contributed by atoms with van der Waals surface area (Å²) in [6.07, 6.45) is 1.42. The Labute approximate surface area is 215 Å². The predicted molar refractivity (Wildman–Crippen MR) is 138 cm³/mol. The van der Waals surface area contributed by atoms with E-state index in [0.29, 0.717) is 22.8 Å². The van der Waals surface area contributed by atoms with Gasteiger partial charge in [0, 0.05) is 17.3 Å². The van der Waals surface area contributed by atoms with Crippen molar-refractivity contribution in [3.05, 3.63) is 80.4 Å². The quantitative estimate of drug-likeness (QED) is 0.385. The number of carboxylic acids is 1. The molecule has 36 heavy (non-hydrogen) atoms. The Morgan fingerprint density at radius 3 is 2.42 bits per heavy atom. The first-order valence-corrected chi connectivity index (χ1v) is 12.0. The topological polar surface area (TPSA) is 117 Å². The molecular weight excluding hydrogens is 504 g/mol. The number of hydrogen-bond donors (Lipinski definition) is 2. The molecule has 0 spiro atoms. The first-order valence-electron chi connectivity index (χ1n) is 10.8. The molecule has 0 bridgehead atoms. The molecule has 10 heteroatoms. The van der Waals surface area contributed by atoms with Crippen LogP contribution in [0.15, 0.2) is 51.8 Å². The lowest BCUT2D eigenvalue weighted by atomic mass is 10.1. The van der Waals surface area contributed by atoms with E-state index in [9.17, 15) is 19.2 Å². The van der Waals surface area contributed by atoms with Gasteiger partial charge in [-0.2, -0.15) is 0 Å². The van der Waals surface area contributed by atoms with Gasteiger partial charge in [0.05, 0.1) is 15.5 Å². The van der Waals surface area contributed by atoms with Crippen LogP contribution in [-0.2, 0) is 9.59 Å². The van der Waals surface area contributed by atoms with Gasteiger partial charge in [-0.15, -0.1) is 0 Å². The van der Waals surface area contributed by atoms with Crippen molar-refractivity contribution in [1.29, 1.82) is 0 Å². The fourth-order valence-electron chi connectivity index (χ4n) is 3.89. The highest BCUT2D eigenvalue weighted by Gasteiger charge is 2.36. The summed E-state index contributed by atoms with van der Waals surface area (Å²) in [5, 5.41) is 11.4. The molecule has 4 rings (SSSR count). The van der Waals surface area contributed by atoms with Gasteiger partial charge >= 0.3 is 5.97 Å². The van der Waals surface area contributed by atoms with Gasteiger partial charge in [0.1, 0.15) is 18.1 Å². The van der Waals surface area contributed by atoms with Crippen molar-refractivity contribution < 1.29 is 28.7 Å². The summed E-state index contributed by atoms with van der Waals surface area (Å²) in [6, 6.07) is 11.5. The van der Waals surface area contributed by atoms with Crippen LogP contribution in [0.5, 0.6) is 0 Å². The maximum atomic E-state index is 12.8. The molecule has 2 heterocycles. The Hall–Kier alpha value is -3.82. The zero-order valence-electron chi connectivity index (χ0n) is 19.5. The van der Waals surface area contributed by atoms with Gasteiger partial charge in [0.25, 0.3) is 11.1 Å². The standard InChI is InChI=1S/C26H21ClN2O6S/c1-13-8-14(2)23(15(3)9-13)28-22(30)12-29-24(31)21(36-26(29)34)11-17-5-7-20(35-17)16-4-6-18(25(32)33)19(27)10-16/h4-11H,12H2,1-3H3,(H,28,30)(H,32,33)/b21-11-. The van der Waals surface area contributed by atoms with Crippen LogP contribution in [0.4, 0.5) is 10.5 Å². The first-order chi connectivity index (χ1) is 17.0. The van der Waals surface area contributed by atoms with Crippen LogP contribution in [0.1, 0.15) is 32.8 Å². The smallest absolute Gasteiger partial charge is 0.337 e. The third-order valence-electron chi connectivity index (χ3n) is 5.50. The molecule has 0 aliphatic carbocycles. The van der Waals surface area contributed by atoms with Gasteiger partial charge in [-0.3, -0.25) is 19.3 Å². The highest BCUT2D eigenvalue weighted by molar-refractivity contribution is 8.18. The number of aryl methyl sites for hydroxylation is 3. The van der Waals surface area contributed by atoms with Crippen LogP contribution in [0, 0.1) is 20.8 Å². The minimum Gasteiger partial charge on any atom is -0.478 e. The Balaban J connectivity index is 1.47. The highest BCUT2D eigenvalue weighted by Crippen LogP contribution is 2.34. The second-order valence-corrected chi connectivity index (χ2v) is 9.69. The minimum absolute atomic E-state index is 0.0300. The SMILES string of the molecule is Cc1cc(C)c(NC(=O)CN2C(=O)S/C(=C\c3ccc(-c4ccc(C(=O)O)c(Cl)c4)o3)C2=O)c(C)c1. The van der Waals surface area contributed by atoms with Gasteiger partial charge < -0.3 is 14.8 Å². The summed E-state index contributed by atoms with van der Waals surface area (Å²) in [5.41, 5.74) is 4.03. The molecule has 3 amide bonds.